The van der Waals surface area contributed by atoms with E-state index in [-0.39, 0.29) is 5.75 Å². The van der Waals surface area contributed by atoms with Crippen molar-refractivity contribution in [3.05, 3.63) is 18.0 Å². The van der Waals surface area contributed by atoms with Gasteiger partial charge in [0.05, 0.1) is 17.7 Å². The summed E-state index contributed by atoms with van der Waals surface area (Å²) in [5.74, 6) is 0.554. The van der Waals surface area contributed by atoms with Gasteiger partial charge < -0.3 is 9.63 Å². The fraction of sp³-hybridized carbons (Fsp3) is 0.333. The summed E-state index contributed by atoms with van der Waals surface area (Å²) in [6.45, 7) is 0. The Morgan fingerprint density at radius 1 is 1.82 bits per heavy atom. The van der Waals surface area contributed by atoms with Crippen molar-refractivity contribution < 1.29 is 14.4 Å². The van der Waals surface area contributed by atoms with Crippen molar-refractivity contribution in [1.29, 1.82) is 0 Å². The molecule has 0 radical (unpaired) electrons. The third-order valence-electron chi connectivity index (χ3n) is 0.961. The number of hydrogen-bond donors (Lipinski definition) is 1. The standard InChI is InChI=1S/C6H7NO3S/c8-6(9)4-11-3-5-1-2-7-10-5/h1-2H,3-4H2,(H,8,9). The Morgan fingerprint density at radius 2 is 2.64 bits per heavy atom. The van der Waals surface area contributed by atoms with Crippen LogP contribution in [0.25, 0.3) is 0 Å². The molecule has 1 N–H and O–H groups in total. The number of carbonyl (C=O) groups is 1. The van der Waals surface area contributed by atoms with Crippen LogP contribution in [0.1, 0.15) is 5.76 Å². The fourth-order valence-corrected chi connectivity index (χ4v) is 1.18. The first-order valence-corrected chi connectivity index (χ1v) is 4.13. The summed E-state index contributed by atoms with van der Waals surface area (Å²) in [4.78, 5) is 10.1. The van der Waals surface area contributed by atoms with Crippen LogP contribution in [0.3, 0.4) is 0 Å². The maximum absolute atomic E-state index is 10.1. The van der Waals surface area contributed by atoms with Gasteiger partial charge in [-0.3, -0.25) is 4.79 Å². The first-order valence-electron chi connectivity index (χ1n) is 2.98. The second kappa shape index (κ2) is 4.02. The van der Waals surface area contributed by atoms with Gasteiger partial charge >= 0.3 is 5.97 Å². The summed E-state index contributed by atoms with van der Waals surface area (Å²) in [5.41, 5.74) is 0. The molecule has 0 unspecified atom stereocenters. The van der Waals surface area contributed by atoms with Gasteiger partial charge in [-0.2, -0.15) is 0 Å². The lowest BCUT2D eigenvalue weighted by Gasteiger charge is -1.91. The Kier molecular flexibility index (Phi) is 2.97. The number of carboxylic acids is 1. The van der Waals surface area contributed by atoms with Crippen LogP contribution in [0.15, 0.2) is 16.8 Å². The van der Waals surface area contributed by atoms with E-state index in [0.29, 0.717) is 11.5 Å². The number of nitrogens with zero attached hydrogens (tertiary/aromatic N) is 1. The van der Waals surface area contributed by atoms with Gasteiger partial charge in [-0.15, -0.1) is 11.8 Å². The Hall–Kier alpha value is -0.970. The normalized spacial score (nSPS) is 9.82. The van der Waals surface area contributed by atoms with Crippen LogP contribution < -0.4 is 0 Å². The molecule has 11 heavy (non-hydrogen) atoms. The lowest BCUT2D eigenvalue weighted by molar-refractivity contribution is -0.133. The van der Waals surface area contributed by atoms with Crippen LogP contribution in [0.5, 0.6) is 0 Å². The molecule has 1 aromatic heterocycles. The second-order valence-electron chi connectivity index (χ2n) is 1.87. The molecule has 0 aliphatic heterocycles. The van der Waals surface area contributed by atoms with E-state index < -0.39 is 5.97 Å². The first-order chi connectivity index (χ1) is 5.29. The number of aromatic nitrogens is 1. The smallest absolute Gasteiger partial charge is 0.313 e. The van der Waals surface area contributed by atoms with Gasteiger partial charge in [-0.1, -0.05) is 5.16 Å². The van der Waals surface area contributed by atoms with Crippen LogP contribution in [0.4, 0.5) is 0 Å². The molecule has 0 amide bonds. The summed E-state index contributed by atoms with van der Waals surface area (Å²) in [5, 5.41) is 11.8. The zero-order valence-corrected chi connectivity index (χ0v) is 6.50. The Labute approximate surface area is 67.6 Å². The van der Waals surface area contributed by atoms with Crippen molar-refractivity contribution in [1.82, 2.24) is 5.16 Å². The number of carboxylic acid groups (broad SMARTS) is 1. The zero-order valence-electron chi connectivity index (χ0n) is 5.69. The van der Waals surface area contributed by atoms with E-state index in [0.717, 1.165) is 0 Å². The number of thioether (sulfide) groups is 1. The van der Waals surface area contributed by atoms with Gasteiger partial charge in [0.25, 0.3) is 0 Å². The van der Waals surface area contributed by atoms with Gasteiger partial charge in [-0.25, -0.2) is 0 Å². The maximum Gasteiger partial charge on any atom is 0.313 e. The topological polar surface area (TPSA) is 63.3 Å². The van der Waals surface area contributed by atoms with Gasteiger partial charge in [0.2, 0.25) is 0 Å². The lowest BCUT2D eigenvalue weighted by Crippen LogP contribution is -1.97. The molecule has 0 bridgehead atoms. The molecular formula is C6H7NO3S. The quantitative estimate of drug-likeness (QED) is 0.735. The third-order valence-corrected chi connectivity index (χ3v) is 1.90. The van der Waals surface area contributed by atoms with Gasteiger partial charge in [0.1, 0.15) is 5.76 Å². The number of aliphatic carboxylic acids is 1. The van der Waals surface area contributed by atoms with E-state index in [1.165, 1.54) is 18.0 Å². The van der Waals surface area contributed by atoms with E-state index >= 15 is 0 Å². The van der Waals surface area contributed by atoms with E-state index in [9.17, 15) is 4.79 Å². The highest BCUT2D eigenvalue weighted by Crippen LogP contribution is 2.10. The van der Waals surface area contributed by atoms with Crippen molar-refractivity contribution in [2.45, 2.75) is 5.75 Å². The summed E-state index contributed by atoms with van der Waals surface area (Å²) in [6, 6.07) is 1.72. The van der Waals surface area contributed by atoms with Gasteiger partial charge in [0, 0.05) is 6.07 Å². The maximum atomic E-state index is 10.1. The molecule has 0 spiro atoms. The van der Waals surface area contributed by atoms with Crippen molar-refractivity contribution in [2.24, 2.45) is 0 Å². The second-order valence-corrected chi connectivity index (χ2v) is 2.85. The summed E-state index contributed by atoms with van der Waals surface area (Å²) < 4.78 is 4.75. The number of hydrogen-bond acceptors (Lipinski definition) is 4. The first kappa shape index (κ1) is 8.13. The molecule has 0 aliphatic rings. The largest absolute Gasteiger partial charge is 0.481 e. The van der Waals surface area contributed by atoms with Crippen LogP contribution in [0.2, 0.25) is 0 Å². The molecule has 0 saturated heterocycles. The lowest BCUT2D eigenvalue weighted by atomic mass is 10.5. The predicted molar refractivity (Wildman–Crippen MR) is 40.3 cm³/mol. The average Bonchev–Trinajstić information content (AvgIpc) is 2.39. The molecule has 0 aliphatic carbocycles. The summed E-state index contributed by atoms with van der Waals surface area (Å²) >= 11 is 1.29. The molecular weight excluding hydrogens is 166 g/mol. The van der Waals surface area contributed by atoms with Crippen LogP contribution in [-0.2, 0) is 10.5 Å². The molecule has 1 rings (SSSR count). The van der Waals surface area contributed by atoms with Crippen molar-refractivity contribution >= 4 is 17.7 Å². The molecule has 1 aromatic rings. The summed E-state index contributed by atoms with van der Waals surface area (Å²) in [7, 11) is 0. The molecule has 0 saturated carbocycles. The molecule has 0 fully saturated rings. The van der Waals surface area contributed by atoms with Crippen LogP contribution in [-0.4, -0.2) is 22.0 Å². The Balaban J connectivity index is 2.19. The highest BCUT2D eigenvalue weighted by atomic mass is 32.2. The van der Waals surface area contributed by atoms with Gasteiger partial charge in [0.15, 0.2) is 0 Å². The molecule has 1 heterocycles. The molecule has 0 aromatic carbocycles. The van der Waals surface area contributed by atoms with Crippen LogP contribution in [0, 0.1) is 0 Å². The molecule has 0 atom stereocenters. The van der Waals surface area contributed by atoms with E-state index in [2.05, 4.69) is 5.16 Å². The molecule has 60 valence electrons. The minimum absolute atomic E-state index is 0.0979. The molecule has 4 nitrogen and oxygen atoms in total. The van der Waals surface area contributed by atoms with Crippen molar-refractivity contribution in [3.63, 3.8) is 0 Å². The Morgan fingerprint density at radius 3 is 3.18 bits per heavy atom. The highest BCUT2D eigenvalue weighted by Gasteiger charge is 2.00. The summed E-state index contributed by atoms with van der Waals surface area (Å²) in [6.07, 6.45) is 1.54. The molecule has 5 heteroatoms. The minimum atomic E-state index is -0.811. The van der Waals surface area contributed by atoms with E-state index in [4.69, 9.17) is 9.63 Å². The van der Waals surface area contributed by atoms with Gasteiger partial charge in [-0.05, 0) is 0 Å². The van der Waals surface area contributed by atoms with Crippen molar-refractivity contribution in [2.75, 3.05) is 5.75 Å². The third kappa shape index (κ3) is 3.08. The predicted octanol–water partition coefficient (Wildman–Crippen LogP) is 0.992. The SMILES string of the molecule is O=C(O)CSCc1ccno1. The minimum Gasteiger partial charge on any atom is -0.481 e. The highest BCUT2D eigenvalue weighted by molar-refractivity contribution is 7.99. The van der Waals surface area contributed by atoms with Crippen molar-refractivity contribution in [3.8, 4) is 0 Å². The fourth-order valence-electron chi connectivity index (χ4n) is 0.556. The number of rotatable bonds is 4. The monoisotopic (exact) mass is 173 g/mol. The average molecular weight is 173 g/mol. The zero-order chi connectivity index (χ0) is 8.10. The van der Waals surface area contributed by atoms with E-state index in [1.54, 1.807) is 6.07 Å². The van der Waals surface area contributed by atoms with E-state index in [1.807, 2.05) is 0 Å². The van der Waals surface area contributed by atoms with Crippen LogP contribution >= 0.6 is 11.8 Å². The Bertz CT molecular complexity index is 222.